The summed E-state index contributed by atoms with van der Waals surface area (Å²) in [4.78, 5) is 0. The van der Waals surface area contributed by atoms with Crippen LogP contribution in [0.4, 0.5) is 4.39 Å². The average Bonchev–Trinajstić information content (AvgIpc) is 2.70. The van der Waals surface area contributed by atoms with Gasteiger partial charge >= 0.3 is 0 Å². The summed E-state index contributed by atoms with van der Waals surface area (Å²) in [5, 5.41) is 13.5. The van der Waals surface area contributed by atoms with E-state index in [0.29, 0.717) is 18.7 Å². The molecule has 0 aliphatic rings. The lowest BCUT2D eigenvalue weighted by Crippen LogP contribution is -2.30. The Morgan fingerprint density at radius 3 is 2.83 bits per heavy atom. The molecule has 0 bridgehead atoms. The highest BCUT2D eigenvalue weighted by atomic mass is 19.1. The van der Waals surface area contributed by atoms with Gasteiger partial charge in [-0.25, -0.2) is 4.39 Å². The van der Waals surface area contributed by atoms with Crippen LogP contribution in [-0.4, -0.2) is 17.8 Å². The lowest BCUT2D eigenvalue weighted by molar-refractivity contribution is 0.123. The van der Waals surface area contributed by atoms with Gasteiger partial charge in [0.15, 0.2) is 0 Å². The van der Waals surface area contributed by atoms with Crippen LogP contribution < -0.4 is 5.32 Å². The number of hydrogen-bond acceptors (Lipinski definition) is 3. The maximum absolute atomic E-state index is 13.0. The number of nitrogens with one attached hydrogen (secondary N) is 1. The van der Waals surface area contributed by atoms with Crippen LogP contribution in [0, 0.1) is 11.7 Å². The van der Waals surface area contributed by atoms with E-state index in [2.05, 4.69) is 5.32 Å². The quantitative estimate of drug-likeness (QED) is 0.858. The molecule has 1 aromatic heterocycles. The van der Waals surface area contributed by atoms with Crippen LogP contribution in [-0.2, 0) is 6.54 Å². The number of benzene rings is 1. The van der Waals surface area contributed by atoms with Crippen molar-refractivity contribution in [3.63, 3.8) is 0 Å². The van der Waals surface area contributed by atoms with Crippen LogP contribution in [0.1, 0.15) is 19.6 Å². The third-order valence-corrected chi connectivity index (χ3v) is 2.95. The summed E-state index contributed by atoms with van der Waals surface area (Å²) in [6, 6.07) is 6.27. The molecule has 0 saturated carbocycles. The summed E-state index contributed by atoms with van der Waals surface area (Å²) in [6.45, 7) is 4.98. The highest BCUT2D eigenvalue weighted by molar-refractivity contribution is 5.77. The molecule has 98 valence electrons. The molecule has 1 heterocycles. The molecule has 0 aliphatic carbocycles. The average molecular weight is 251 g/mol. The van der Waals surface area contributed by atoms with Crippen LogP contribution in [0.2, 0.25) is 0 Å². The number of fused-ring (bicyclic) bond motifs is 1. The Labute approximate surface area is 106 Å². The van der Waals surface area contributed by atoms with Gasteiger partial charge < -0.3 is 14.8 Å². The SMILES string of the molecule is CC(C)C(O)CNCc1cc2cc(F)ccc2o1. The summed E-state index contributed by atoms with van der Waals surface area (Å²) < 4.78 is 18.6. The third kappa shape index (κ3) is 3.09. The summed E-state index contributed by atoms with van der Waals surface area (Å²) in [6.07, 6.45) is -0.369. The zero-order valence-electron chi connectivity index (χ0n) is 10.6. The van der Waals surface area contributed by atoms with Crippen molar-refractivity contribution in [2.24, 2.45) is 5.92 Å². The second kappa shape index (κ2) is 5.50. The zero-order chi connectivity index (χ0) is 13.1. The first-order valence-electron chi connectivity index (χ1n) is 6.13. The van der Waals surface area contributed by atoms with Gasteiger partial charge in [0.05, 0.1) is 12.6 Å². The van der Waals surface area contributed by atoms with Gasteiger partial charge in [0.1, 0.15) is 17.2 Å². The molecule has 18 heavy (non-hydrogen) atoms. The summed E-state index contributed by atoms with van der Waals surface area (Å²) in [7, 11) is 0. The van der Waals surface area contributed by atoms with E-state index >= 15 is 0 Å². The molecule has 0 amide bonds. The molecule has 1 atom stereocenters. The number of rotatable bonds is 5. The first-order chi connectivity index (χ1) is 8.56. The van der Waals surface area contributed by atoms with Gasteiger partial charge in [-0.1, -0.05) is 13.8 Å². The van der Waals surface area contributed by atoms with E-state index in [4.69, 9.17) is 4.42 Å². The van der Waals surface area contributed by atoms with Crippen LogP contribution >= 0.6 is 0 Å². The normalized spacial score (nSPS) is 13.4. The summed E-state index contributed by atoms with van der Waals surface area (Å²) >= 11 is 0. The number of hydrogen-bond donors (Lipinski definition) is 2. The van der Waals surface area contributed by atoms with E-state index in [1.807, 2.05) is 19.9 Å². The molecule has 0 aliphatic heterocycles. The van der Waals surface area contributed by atoms with E-state index in [1.165, 1.54) is 12.1 Å². The molecular weight excluding hydrogens is 233 g/mol. The number of halogens is 1. The zero-order valence-corrected chi connectivity index (χ0v) is 10.6. The first kappa shape index (κ1) is 13.1. The second-order valence-corrected chi connectivity index (χ2v) is 4.84. The minimum Gasteiger partial charge on any atom is -0.460 e. The molecule has 4 heteroatoms. The van der Waals surface area contributed by atoms with Crippen molar-refractivity contribution in [2.75, 3.05) is 6.54 Å². The largest absolute Gasteiger partial charge is 0.460 e. The monoisotopic (exact) mass is 251 g/mol. The van der Waals surface area contributed by atoms with E-state index in [9.17, 15) is 9.50 Å². The molecule has 0 spiro atoms. The predicted octanol–water partition coefficient (Wildman–Crippen LogP) is 2.68. The lowest BCUT2D eigenvalue weighted by Gasteiger charge is -2.14. The number of furan rings is 1. The topological polar surface area (TPSA) is 45.4 Å². The molecule has 2 aromatic rings. The van der Waals surface area contributed by atoms with Crippen molar-refractivity contribution in [2.45, 2.75) is 26.5 Å². The van der Waals surface area contributed by atoms with Gasteiger partial charge in [0, 0.05) is 11.9 Å². The fourth-order valence-electron chi connectivity index (χ4n) is 1.74. The molecule has 2 rings (SSSR count). The standard InChI is InChI=1S/C14H18FNO2/c1-9(2)13(17)8-16-7-12-6-10-5-11(15)3-4-14(10)18-12/h3-6,9,13,16-17H,7-8H2,1-2H3. The summed E-state index contributed by atoms with van der Waals surface area (Å²) in [5.74, 6) is 0.701. The highest BCUT2D eigenvalue weighted by Gasteiger charge is 2.09. The van der Waals surface area contributed by atoms with Crippen LogP contribution in [0.25, 0.3) is 11.0 Å². The van der Waals surface area contributed by atoms with Crippen LogP contribution in [0.5, 0.6) is 0 Å². The van der Waals surface area contributed by atoms with E-state index in [1.54, 1.807) is 6.07 Å². The van der Waals surface area contributed by atoms with Crippen molar-refractivity contribution in [1.29, 1.82) is 0 Å². The maximum atomic E-state index is 13.0. The van der Waals surface area contributed by atoms with Crippen molar-refractivity contribution < 1.29 is 13.9 Å². The van der Waals surface area contributed by atoms with Crippen molar-refractivity contribution in [1.82, 2.24) is 5.32 Å². The van der Waals surface area contributed by atoms with E-state index in [-0.39, 0.29) is 17.8 Å². The third-order valence-electron chi connectivity index (χ3n) is 2.95. The van der Waals surface area contributed by atoms with Gasteiger partial charge in [-0.15, -0.1) is 0 Å². The Morgan fingerprint density at radius 1 is 1.33 bits per heavy atom. The van der Waals surface area contributed by atoms with Crippen molar-refractivity contribution in [3.8, 4) is 0 Å². The van der Waals surface area contributed by atoms with Gasteiger partial charge in [0.2, 0.25) is 0 Å². The van der Waals surface area contributed by atoms with Gasteiger partial charge in [-0.3, -0.25) is 0 Å². The van der Waals surface area contributed by atoms with E-state index < -0.39 is 0 Å². The smallest absolute Gasteiger partial charge is 0.134 e. The molecule has 2 N–H and O–H groups in total. The molecule has 3 nitrogen and oxygen atoms in total. The minimum absolute atomic E-state index is 0.224. The van der Waals surface area contributed by atoms with Crippen LogP contribution in [0.3, 0.4) is 0 Å². The summed E-state index contributed by atoms with van der Waals surface area (Å²) in [5.41, 5.74) is 0.678. The molecule has 0 saturated heterocycles. The van der Waals surface area contributed by atoms with Gasteiger partial charge in [-0.2, -0.15) is 0 Å². The Hall–Kier alpha value is -1.39. The Kier molecular flexibility index (Phi) is 3.99. The molecule has 1 aromatic carbocycles. The maximum Gasteiger partial charge on any atom is 0.134 e. The molecule has 0 radical (unpaired) electrons. The second-order valence-electron chi connectivity index (χ2n) is 4.84. The minimum atomic E-state index is -0.369. The Balaban J connectivity index is 1.96. The van der Waals surface area contributed by atoms with Crippen molar-refractivity contribution >= 4 is 11.0 Å². The fraction of sp³-hybridized carbons (Fsp3) is 0.429. The van der Waals surface area contributed by atoms with E-state index in [0.717, 1.165) is 11.1 Å². The Morgan fingerprint density at radius 2 is 2.11 bits per heavy atom. The lowest BCUT2D eigenvalue weighted by atomic mass is 10.1. The Bertz CT molecular complexity index is 521. The fourth-order valence-corrected chi connectivity index (χ4v) is 1.74. The number of aliphatic hydroxyl groups excluding tert-OH is 1. The van der Waals surface area contributed by atoms with Gasteiger partial charge in [-0.05, 0) is 30.2 Å². The molecular formula is C14H18FNO2. The molecule has 0 fully saturated rings. The predicted molar refractivity (Wildman–Crippen MR) is 68.7 cm³/mol. The first-order valence-corrected chi connectivity index (χ1v) is 6.13. The van der Waals surface area contributed by atoms with Crippen molar-refractivity contribution in [3.05, 3.63) is 35.8 Å². The van der Waals surface area contributed by atoms with Gasteiger partial charge in [0.25, 0.3) is 0 Å². The number of aliphatic hydroxyl groups is 1. The highest BCUT2D eigenvalue weighted by Crippen LogP contribution is 2.20. The van der Waals surface area contributed by atoms with Crippen LogP contribution in [0.15, 0.2) is 28.7 Å². The molecule has 1 unspecified atom stereocenters.